The van der Waals surface area contributed by atoms with E-state index in [2.05, 4.69) is 47.5 Å². The Morgan fingerprint density at radius 2 is 1.75 bits per heavy atom. The van der Waals surface area contributed by atoms with Gasteiger partial charge >= 0.3 is 6.18 Å². The van der Waals surface area contributed by atoms with Crippen molar-refractivity contribution >= 4 is 38.1 Å². The van der Waals surface area contributed by atoms with Crippen LogP contribution in [0.15, 0.2) is 79.1 Å². The molecule has 1 N–H and O–H groups in total. The van der Waals surface area contributed by atoms with Crippen molar-refractivity contribution in [2.45, 2.75) is 31.0 Å². The van der Waals surface area contributed by atoms with Crippen molar-refractivity contribution in [1.82, 2.24) is 9.38 Å². The summed E-state index contributed by atoms with van der Waals surface area (Å²) in [5.41, 5.74) is 2.93. The summed E-state index contributed by atoms with van der Waals surface area (Å²) in [6.45, 7) is 4.40. The molecule has 6 aromatic rings. The average molecular weight is 543 g/mol. The third-order valence-electron chi connectivity index (χ3n) is 8.92. The quantitative estimate of drug-likeness (QED) is 0.208. The van der Waals surface area contributed by atoms with Crippen LogP contribution in [0.5, 0.6) is 0 Å². The fourth-order valence-corrected chi connectivity index (χ4v) is 6.94. The Kier molecular flexibility index (Phi) is 5.16. The molecule has 0 saturated carbocycles. The number of allylic oxidation sites excluding steroid dienone is 1. The van der Waals surface area contributed by atoms with Crippen LogP contribution in [-0.2, 0) is 21.9 Å². The van der Waals surface area contributed by atoms with E-state index < -0.39 is 22.7 Å². The second kappa shape index (κ2) is 8.25. The zero-order valence-electron chi connectivity index (χ0n) is 22.3. The minimum absolute atomic E-state index is 0.159. The molecule has 40 heavy (non-hydrogen) atoms. The maximum Gasteiger partial charge on any atom is 0.416 e. The van der Waals surface area contributed by atoms with Crippen LogP contribution in [0.3, 0.4) is 0 Å². The normalized spacial score (nSPS) is 21.3. The van der Waals surface area contributed by atoms with Crippen molar-refractivity contribution in [3.8, 4) is 11.3 Å². The molecule has 0 saturated heterocycles. The van der Waals surface area contributed by atoms with Crippen LogP contribution in [-0.4, -0.2) is 34.8 Å². The predicted molar refractivity (Wildman–Crippen MR) is 149 cm³/mol. The summed E-state index contributed by atoms with van der Waals surface area (Å²) in [6, 6.07) is 18.3. The summed E-state index contributed by atoms with van der Waals surface area (Å²) in [6.07, 6.45) is 0.819. The Balaban J connectivity index is 1.74. The smallest absolute Gasteiger partial charge is 0.392 e. The van der Waals surface area contributed by atoms with E-state index in [-0.39, 0.29) is 12.1 Å². The van der Waals surface area contributed by atoms with E-state index in [1.165, 1.54) is 6.07 Å². The third-order valence-corrected chi connectivity index (χ3v) is 8.92. The molecule has 2 unspecified atom stereocenters. The SMILES string of the molecule is COCC1(C)c2c(c3cccc4c5ccccc5n2c34)-c2c3ccc(C(F)(F)F)cc3nc[n+]2C1(C)/C=C/CO. The molecule has 3 aromatic carbocycles. The zero-order valence-corrected chi connectivity index (χ0v) is 22.3. The summed E-state index contributed by atoms with van der Waals surface area (Å²) in [5, 5.41) is 13.7. The number of nitrogens with zero attached hydrogens (tertiary/aromatic N) is 3. The number of ether oxygens (including phenoxy) is 1. The number of benzene rings is 3. The standard InChI is InChI=1S/C32H27F3N3O2/c1-30(17-40-3)29-26(23-10-6-9-21-20-8-4-5-11-25(20)38(29)27(21)23)28-22-13-12-19(32(33,34)35)16-24(22)36-18-37(28)31(30,2)14-7-15-39/h4-14,16,18,39H,15,17H2,1-3H3/q+1/b14-7+. The van der Waals surface area contributed by atoms with Crippen LogP contribution in [0, 0.1) is 0 Å². The van der Waals surface area contributed by atoms with Crippen LogP contribution < -0.4 is 4.57 Å². The molecule has 0 radical (unpaired) electrons. The Morgan fingerprint density at radius 3 is 2.50 bits per heavy atom. The van der Waals surface area contributed by atoms with Crippen LogP contribution >= 0.6 is 0 Å². The molecule has 1 aliphatic heterocycles. The van der Waals surface area contributed by atoms with Crippen molar-refractivity contribution in [2.75, 3.05) is 20.3 Å². The molecule has 0 fully saturated rings. The number of aliphatic hydroxyl groups is 1. The lowest BCUT2D eigenvalue weighted by molar-refractivity contribution is -0.753. The van der Waals surface area contributed by atoms with Gasteiger partial charge in [0.15, 0.2) is 5.52 Å². The molecule has 8 heteroatoms. The zero-order chi connectivity index (χ0) is 28.0. The van der Waals surface area contributed by atoms with Gasteiger partial charge < -0.3 is 14.2 Å². The van der Waals surface area contributed by atoms with Gasteiger partial charge in [0.1, 0.15) is 11.2 Å². The number of methoxy groups -OCH3 is 1. The Labute approximate surface area is 228 Å². The first-order valence-electron chi connectivity index (χ1n) is 13.1. The molecular weight excluding hydrogens is 515 g/mol. The van der Waals surface area contributed by atoms with E-state index in [1.54, 1.807) is 19.5 Å². The van der Waals surface area contributed by atoms with Gasteiger partial charge in [-0.05, 0) is 43.1 Å². The first-order chi connectivity index (χ1) is 19.2. The van der Waals surface area contributed by atoms with E-state index in [0.717, 1.165) is 56.3 Å². The number of fused-ring (bicyclic) bond motifs is 10. The van der Waals surface area contributed by atoms with Gasteiger partial charge in [-0.15, -0.1) is 0 Å². The van der Waals surface area contributed by atoms with Gasteiger partial charge in [0, 0.05) is 35.0 Å². The van der Waals surface area contributed by atoms with E-state index in [9.17, 15) is 18.3 Å². The van der Waals surface area contributed by atoms with Crippen molar-refractivity contribution in [1.29, 1.82) is 0 Å². The van der Waals surface area contributed by atoms with E-state index in [1.807, 2.05) is 28.8 Å². The monoisotopic (exact) mass is 542 g/mol. The molecule has 0 aliphatic carbocycles. The van der Waals surface area contributed by atoms with Crippen LogP contribution in [0.25, 0.3) is 49.4 Å². The summed E-state index contributed by atoms with van der Waals surface area (Å²) in [7, 11) is 1.67. The highest BCUT2D eigenvalue weighted by Gasteiger charge is 2.57. The second-order valence-electron chi connectivity index (χ2n) is 11.0. The topological polar surface area (TPSA) is 50.6 Å². The summed E-state index contributed by atoms with van der Waals surface area (Å²) < 4.78 is 51.2. The highest BCUT2D eigenvalue weighted by Crippen LogP contribution is 2.53. The summed E-state index contributed by atoms with van der Waals surface area (Å²) in [5.74, 6) is 0. The molecule has 0 amide bonds. The lowest BCUT2D eigenvalue weighted by atomic mass is 9.65. The number of aromatic nitrogens is 3. The molecule has 3 aromatic heterocycles. The van der Waals surface area contributed by atoms with Crippen molar-refractivity contribution in [3.05, 3.63) is 90.4 Å². The van der Waals surface area contributed by atoms with Crippen molar-refractivity contribution < 1.29 is 27.6 Å². The molecule has 1 aliphatic rings. The second-order valence-corrected chi connectivity index (χ2v) is 11.0. The highest BCUT2D eigenvalue weighted by molar-refractivity contribution is 6.19. The minimum atomic E-state index is -4.48. The van der Waals surface area contributed by atoms with Crippen LogP contribution in [0.2, 0.25) is 0 Å². The van der Waals surface area contributed by atoms with Crippen molar-refractivity contribution in [2.24, 2.45) is 0 Å². The molecule has 5 nitrogen and oxygen atoms in total. The Morgan fingerprint density at radius 1 is 1.00 bits per heavy atom. The van der Waals surface area contributed by atoms with Crippen LogP contribution in [0.1, 0.15) is 25.1 Å². The average Bonchev–Trinajstić information content (AvgIpc) is 3.46. The molecule has 0 spiro atoms. The molecule has 4 heterocycles. The van der Waals surface area contributed by atoms with Gasteiger partial charge in [-0.25, -0.2) is 4.57 Å². The van der Waals surface area contributed by atoms with E-state index in [0.29, 0.717) is 12.0 Å². The summed E-state index contributed by atoms with van der Waals surface area (Å²) >= 11 is 0. The number of hydrogen-bond acceptors (Lipinski definition) is 3. The number of rotatable bonds is 4. The van der Waals surface area contributed by atoms with Gasteiger partial charge in [-0.3, -0.25) is 0 Å². The minimum Gasteiger partial charge on any atom is -0.392 e. The third kappa shape index (κ3) is 3.00. The number of para-hydroxylation sites is 2. The van der Waals surface area contributed by atoms with Gasteiger partial charge in [0.2, 0.25) is 0 Å². The first kappa shape index (κ1) is 25.0. The van der Waals surface area contributed by atoms with Gasteiger partial charge in [0.25, 0.3) is 6.33 Å². The van der Waals surface area contributed by atoms with E-state index >= 15 is 0 Å². The maximum atomic E-state index is 13.7. The largest absolute Gasteiger partial charge is 0.416 e. The first-order valence-corrected chi connectivity index (χ1v) is 13.1. The highest BCUT2D eigenvalue weighted by atomic mass is 19.4. The molecule has 0 bridgehead atoms. The number of alkyl halides is 3. The number of halogens is 3. The maximum absolute atomic E-state index is 13.7. The fraction of sp³-hybridized carbons (Fsp3) is 0.250. The van der Waals surface area contributed by atoms with Gasteiger partial charge in [-0.2, -0.15) is 13.2 Å². The lowest BCUT2D eigenvalue weighted by Crippen LogP contribution is -2.68. The molecule has 2 atom stereocenters. The Hall–Kier alpha value is -4.01. The van der Waals surface area contributed by atoms with Crippen molar-refractivity contribution in [3.63, 3.8) is 0 Å². The lowest BCUT2D eigenvalue weighted by Gasteiger charge is -2.46. The predicted octanol–water partition coefficient (Wildman–Crippen LogP) is 6.39. The molecule has 202 valence electrons. The fourth-order valence-electron chi connectivity index (χ4n) is 6.94. The number of aliphatic hydroxyl groups excluding tert-OH is 1. The van der Waals surface area contributed by atoms with E-state index in [4.69, 9.17) is 4.74 Å². The number of hydrogen-bond donors (Lipinski definition) is 1. The Bertz CT molecular complexity index is 1990. The van der Waals surface area contributed by atoms with Gasteiger partial charge in [-0.1, -0.05) is 42.5 Å². The summed E-state index contributed by atoms with van der Waals surface area (Å²) in [4.78, 5) is 4.54. The molecule has 7 rings (SSSR count). The molecular formula is C32H27F3N3O2+. The van der Waals surface area contributed by atoms with Crippen LogP contribution in [0.4, 0.5) is 13.2 Å². The van der Waals surface area contributed by atoms with Gasteiger partial charge in [0.05, 0.1) is 46.2 Å².